The lowest BCUT2D eigenvalue weighted by Crippen LogP contribution is -2.38. The van der Waals surface area contributed by atoms with Crippen molar-refractivity contribution in [3.05, 3.63) is 0 Å². The Morgan fingerprint density at radius 3 is 1.25 bits per heavy atom. The van der Waals surface area contributed by atoms with E-state index < -0.39 is 11.4 Å². The molecule has 0 heterocycles. The first-order valence-corrected chi connectivity index (χ1v) is 1.83. The summed E-state index contributed by atoms with van der Waals surface area (Å²) >= 11 is 3.90. The molecule has 0 aromatic rings. The number of rotatable bonds is 1. The highest BCUT2D eigenvalue weighted by Crippen LogP contribution is 2.30. The van der Waals surface area contributed by atoms with E-state index in [2.05, 4.69) is 11.6 Å². The van der Waals surface area contributed by atoms with Gasteiger partial charge in [-0.25, -0.2) is 0 Å². The van der Waals surface area contributed by atoms with Gasteiger partial charge in [-0.3, -0.25) is 0 Å². The lowest BCUT2D eigenvalue weighted by molar-refractivity contribution is -0.315. The van der Waals surface area contributed by atoms with Crippen molar-refractivity contribution in [2.24, 2.45) is 0 Å². The molecule has 0 rings (SSSR count). The number of aliphatic hydroxyl groups is 2. The maximum absolute atomic E-state index is 11.2. The van der Waals surface area contributed by atoms with Gasteiger partial charge in [0.25, 0.3) is 0 Å². The molecule has 0 saturated heterocycles. The van der Waals surface area contributed by atoms with Gasteiger partial charge in [0.2, 0.25) is 0 Å². The second kappa shape index (κ2) is 1.75. The summed E-state index contributed by atoms with van der Waals surface area (Å²) < 4.78 is 33.3. The molecule has 8 heavy (non-hydrogen) atoms. The van der Waals surface area contributed by atoms with Crippen LogP contribution in [-0.4, -0.2) is 21.6 Å². The third kappa shape index (κ3) is 1.85. The van der Waals surface area contributed by atoms with E-state index in [9.17, 15) is 13.2 Å². The third-order valence-corrected chi connectivity index (χ3v) is 0.589. The zero-order valence-corrected chi connectivity index (χ0v) is 4.16. The highest BCUT2D eigenvalue weighted by Gasteiger charge is 2.51. The molecule has 0 aliphatic heterocycles. The lowest BCUT2D eigenvalue weighted by Gasteiger charge is -2.15. The number of alkyl halides is 4. The van der Waals surface area contributed by atoms with Gasteiger partial charge in [0, 0.05) is 0 Å². The Bertz CT molecular complexity index is 70.3. The van der Waals surface area contributed by atoms with E-state index >= 15 is 0 Å². The summed E-state index contributed by atoms with van der Waals surface area (Å²) in [6.07, 6.45) is -4.91. The van der Waals surface area contributed by atoms with Crippen LogP contribution in [0.4, 0.5) is 13.2 Å². The molecule has 0 saturated carbocycles. The van der Waals surface area contributed by atoms with Crippen LogP contribution in [0.5, 0.6) is 0 Å². The van der Waals surface area contributed by atoms with Crippen LogP contribution in [0.1, 0.15) is 0 Å². The highest BCUT2D eigenvalue weighted by atomic mass is 35.5. The monoisotopic (exact) mass is 150 g/mol. The van der Waals surface area contributed by atoms with Gasteiger partial charge in [0.15, 0.2) is 0 Å². The van der Waals surface area contributed by atoms with E-state index in [1.807, 2.05) is 0 Å². The summed E-state index contributed by atoms with van der Waals surface area (Å²) in [4.78, 5) is 0. The fourth-order valence-electron chi connectivity index (χ4n) is 0. The van der Waals surface area contributed by atoms with Crippen molar-refractivity contribution in [3.8, 4) is 0 Å². The molecule has 0 spiro atoms. The molecule has 0 aliphatic rings. The van der Waals surface area contributed by atoms with Gasteiger partial charge in [0.05, 0.1) is 0 Å². The summed E-state index contributed by atoms with van der Waals surface area (Å²) in [5.41, 5.74) is 0. The summed E-state index contributed by atoms with van der Waals surface area (Å²) in [5, 5.41) is 10.3. The van der Waals surface area contributed by atoms with Crippen LogP contribution < -0.4 is 0 Å². The normalized spacial score (nSPS) is 20.2. The minimum absolute atomic E-state index is 3.90. The van der Waals surface area contributed by atoms with Gasteiger partial charge < -0.3 is 10.2 Å². The molecule has 2 N–H and O–H groups in total. The zero-order chi connectivity index (χ0) is 7.00. The first kappa shape index (κ1) is 8.00. The first-order chi connectivity index (χ1) is 3.25. The Morgan fingerprint density at radius 2 is 1.25 bits per heavy atom. The Labute approximate surface area is 47.5 Å². The molecule has 0 bridgehead atoms. The lowest BCUT2D eigenvalue weighted by atomic mass is 10.6. The number of hydrogen-bond acceptors (Lipinski definition) is 2. The van der Waals surface area contributed by atoms with Crippen LogP contribution in [-0.2, 0) is 0 Å². The summed E-state index contributed by atoms with van der Waals surface area (Å²) in [7, 11) is 0. The molecule has 50 valence electrons. The van der Waals surface area contributed by atoms with Crippen molar-refractivity contribution < 1.29 is 23.4 Å². The largest absolute Gasteiger partial charge is 0.427 e. The van der Waals surface area contributed by atoms with Gasteiger partial charge >= 0.3 is 11.4 Å². The van der Waals surface area contributed by atoms with E-state index in [1.54, 1.807) is 0 Å². The maximum Gasteiger partial charge on any atom is 0.427 e. The molecule has 0 aromatic carbocycles. The van der Waals surface area contributed by atoms with E-state index in [0.717, 1.165) is 0 Å². The fraction of sp³-hybridized carbons (Fsp3) is 1.00. The Kier molecular flexibility index (Phi) is 1.75. The van der Waals surface area contributed by atoms with Crippen molar-refractivity contribution in [2.75, 3.05) is 0 Å². The van der Waals surface area contributed by atoms with Crippen molar-refractivity contribution in [3.63, 3.8) is 0 Å². The number of halogens is 4. The van der Waals surface area contributed by atoms with Crippen molar-refractivity contribution >= 4 is 11.6 Å². The van der Waals surface area contributed by atoms with Gasteiger partial charge in [0.1, 0.15) is 0 Å². The van der Waals surface area contributed by atoms with Gasteiger partial charge in [-0.1, -0.05) is 0 Å². The second-order valence-electron chi connectivity index (χ2n) is 1.08. The smallest absolute Gasteiger partial charge is 0.343 e. The van der Waals surface area contributed by atoms with E-state index in [0.29, 0.717) is 0 Å². The minimum Gasteiger partial charge on any atom is -0.343 e. The predicted molar refractivity (Wildman–Crippen MR) is 19.1 cm³/mol. The second-order valence-corrected chi connectivity index (χ2v) is 1.58. The average Bonchev–Trinajstić information content (AvgIpc) is 1.25. The van der Waals surface area contributed by atoms with Crippen LogP contribution >= 0.6 is 11.6 Å². The van der Waals surface area contributed by atoms with Gasteiger partial charge in [-0.15, -0.1) is 0 Å². The van der Waals surface area contributed by atoms with Crippen LogP contribution in [0, 0.1) is 0 Å². The van der Waals surface area contributed by atoms with Crippen molar-refractivity contribution in [2.45, 2.75) is 11.4 Å². The molecular weight excluding hydrogens is 148 g/mol. The van der Waals surface area contributed by atoms with Crippen molar-refractivity contribution in [1.82, 2.24) is 0 Å². The molecule has 0 radical (unpaired) electrons. The van der Waals surface area contributed by atoms with Gasteiger partial charge in [-0.05, 0) is 11.6 Å². The Morgan fingerprint density at radius 1 is 1.12 bits per heavy atom. The van der Waals surface area contributed by atoms with E-state index in [1.165, 1.54) is 0 Å². The molecule has 0 aliphatic carbocycles. The van der Waals surface area contributed by atoms with Crippen LogP contribution in [0.15, 0.2) is 0 Å². The first-order valence-electron chi connectivity index (χ1n) is 1.45. The van der Waals surface area contributed by atoms with Crippen LogP contribution in [0.25, 0.3) is 0 Å². The molecule has 0 aromatic heterocycles. The number of hydrogen-bond donors (Lipinski definition) is 2. The Balaban J connectivity index is 4.02. The standard InChI is InChI=1S/C2H2ClF3O2/c3-1(4,7)2(5,6)8/h7-8H. The fourth-order valence-corrected chi connectivity index (χ4v) is 0. The molecule has 1 atom stereocenters. The van der Waals surface area contributed by atoms with Gasteiger partial charge in [-0.2, -0.15) is 13.2 Å². The molecular formula is C2H2ClF3O2. The quantitative estimate of drug-likeness (QED) is 0.532. The minimum atomic E-state index is -4.91. The molecule has 1 unspecified atom stereocenters. The zero-order valence-electron chi connectivity index (χ0n) is 3.41. The molecule has 0 fully saturated rings. The Hall–Kier alpha value is -0.0000000000000000555. The van der Waals surface area contributed by atoms with Crippen LogP contribution in [0.2, 0.25) is 0 Å². The third-order valence-electron chi connectivity index (χ3n) is 0.362. The maximum atomic E-state index is 11.2. The summed E-state index contributed by atoms with van der Waals surface area (Å²) in [6, 6.07) is 0. The molecule has 0 amide bonds. The SMILES string of the molecule is OC(F)(F)C(O)(F)Cl. The molecule has 2 nitrogen and oxygen atoms in total. The van der Waals surface area contributed by atoms with E-state index in [4.69, 9.17) is 10.2 Å². The van der Waals surface area contributed by atoms with Crippen LogP contribution in [0.3, 0.4) is 0 Å². The topological polar surface area (TPSA) is 40.5 Å². The van der Waals surface area contributed by atoms with Crippen molar-refractivity contribution in [1.29, 1.82) is 0 Å². The predicted octanol–water partition coefficient (Wildman–Crippen LogP) is 0.426. The highest BCUT2D eigenvalue weighted by molar-refractivity contribution is 6.22. The summed E-state index contributed by atoms with van der Waals surface area (Å²) in [6.45, 7) is 0. The summed E-state index contributed by atoms with van der Waals surface area (Å²) in [5.74, 6) is 0. The average molecular weight is 150 g/mol. The van der Waals surface area contributed by atoms with E-state index in [-0.39, 0.29) is 0 Å². The molecule has 6 heteroatoms.